The van der Waals surface area contributed by atoms with Gasteiger partial charge in [-0.05, 0) is 73.5 Å². The zero-order chi connectivity index (χ0) is 20.4. The van der Waals surface area contributed by atoms with Crippen molar-refractivity contribution in [1.29, 1.82) is 0 Å². The minimum Gasteiger partial charge on any atom is -0.444 e. The van der Waals surface area contributed by atoms with Crippen molar-refractivity contribution in [2.75, 3.05) is 60.4 Å². The average molecular weight is 511 g/mol. The molecule has 0 saturated carbocycles. The molecule has 1 aliphatic rings. The molecule has 1 amide bonds. The molecule has 1 fully saturated rings. The molecule has 1 heterocycles. The Morgan fingerprint density at radius 3 is 2.32 bits per heavy atom. The van der Waals surface area contributed by atoms with Crippen molar-refractivity contribution in [3.63, 3.8) is 0 Å². The lowest BCUT2D eigenvalue weighted by molar-refractivity contribution is 0.0214. The van der Waals surface area contributed by atoms with Crippen LogP contribution in [-0.4, -0.2) is 92.8 Å². The summed E-state index contributed by atoms with van der Waals surface area (Å²) >= 11 is 0. The van der Waals surface area contributed by atoms with Gasteiger partial charge in [0.15, 0.2) is 5.96 Å². The first-order chi connectivity index (χ1) is 12.7. The molecule has 0 unspecified atom stereocenters. The largest absolute Gasteiger partial charge is 0.444 e. The molecule has 0 aromatic carbocycles. The van der Waals surface area contributed by atoms with Crippen molar-refractivity contribution < 1.29 is 9.53 Å². The van der Waals surface area contributed by atoms with Crippen molar-refractivity contribution in [3.05, 3.63) is 0 Å². The maximum absolute atomic E-state index is 12.3. The summed E-state index contributed by atoms with van der Waals surface area (Å²) in [6.45, 7) is 13.2. The number of guanidine groups is 1. The molecule has 0 aromatic heterocycles. The number of ether oxygens (including phenoxy) is 1. The molecule has 0 aliphatic carbocycles. The van der Waals surface area contributed by atoms with E-state index in [2.05, 4.69) is 34.2 Å². The zero-order valence-electron chi connectivity index (χ0n) is 19.0. The number of aliphatic imine (C=N–C) groups is 1. The smallest absolute Gasteiger partial charge is 0.410 e. The third kappa shape index (κ3) is 10.7. The van der Waals surface area contributed by atoms with Crippen molar-refractivity contribution in [2.45, 2.75) is 52.6 Å². The Kier molecular flexibility index (Phi) is 13.1. The SMILES string of the molecule is CCN(CC1CCN(C(=NC)NCCCN(C)C)CC1)C(=O)OC(C)(C)C.I. The maximum atomic E-state index is 12.3. The van der Waals surface area contributed by atoms with E-state index < -0.39 is 5.60 Å². The highest BCUT2D eigenvalue weighted by Crippen LogP contribution is 2.20. The van der Waals surface area contributed by atoms with Crippen LogP contribution in [0, 0.1) is 5.92 Å². The van der Waals surface area contributed by atoms with Gasteiger partial charge in [0.05, 0.1) is 0 Å². The van der Waals surface area contributed by atoms with Gasteiger partial charge >= 0.3 is 6.09 Å². The van der Waals surface area contributed by atoms with E-state index in [1.54, 1.807) is 0 Å². The summed E-state index contributed by atoms with van der Waals surface area (Å²) in [6, 6.07) is 0. The lowest BCUT2D eigenvalue weighted by Gasteiger charge is -2.36. The van der Waals surface area contributed by atoms with Crippen LogP contribution in [0.2, 0.25) is 0 Å². The molecule has 1 saturated heterocycles. The quantitative estimate of drug-likeness (QED) is 0.247. The van der Waals surface area contributed by atoms with Gasteiger partial charge in [-0.1, -0.05) is 0 Å². The summed E-state index contributed by atoms with van der Waals surface area (Å²) in [4.78, 5) is 23.1. The highest BCUT2D eigenvalue weighted by molar-refractivity contribution is 14.0. The number of halogens is 1. The fourth-order valence-electron chi connectivity index (χ4n) is 3.23. The van der Waals surface area contributed by atoms with E-state index in [1.807, 2.05) is 39.6 Å². The number of carbonyl (C=O) groups is 1. The van der Waals surface area contributed by atoms with E-state index in [9.17, 15) is 4.79 Å². The number of hydrogen-bond donors (Lipinski definition) is 1. The third-order valence-corrected chi connectivity index (χ3v) is 4.70. The maximum Gasteiger partial charge on any atom is 0.410 e. The molecule has 28 heavy (non-hydrogen) atoms. The van der Waals surface area contributed by atoms with Crippen LogP contribution in [0.1, 0.15) is 47.0 Å². The minimum atomic E-state index is -0.446. The van der Waals surface area contributed by atoms with Gasteiger partial charge in [0.1, 0.15) is 5.60 Å². The first kappa shape index (κ1) is 27.2. The van der Waals surface area contributed by atoms with E-state index >= 15 is 0 Å². The first-order valence-corrected chi connectivity index (χ1v) is 10.2. The highest BCUT2D eigenvalue weighted by atomic mass is 127. The standard InChI is InChI=1S/C20H41N5O2.HI/c1-8-24(19(26)27-20(2,3)4)16-17-10-14-25(15-11-17)18(21-5)22-12-9-13-23(6)7;/h17H,8-16H2,1-7H3,(H,21,22);1H. The second kappa shape index (κ2) is 13.5. The molecule has 1 N–H and O–H groups in total. The van der Waals surface area contributed by atoms with Crippen molar-refractivity contribution >= 4 is 36.0 Å². The number of rotatable bonds is 7. The predicted octanol–water partition coefficient (Wildman–Crippen LogP) is 3.10. The summed E-state index contributed by atoms with van der Waals surface area (Å²) in [5, 5.41) is 3.47. The number of amides is 1. The Hall–Kier alpha value is -0.770. The average Bonchev–Trinajstić information content (AvgIpc) is 2.58. The number of piperidine rings is 1. The van der Waals surface area contributed by atoms with E-state index in [1.165, 1.54) is 0 Å². The second-order valence-electron chi connectivity index (χ2n) is 8.58. The van der Waals surface area contributed by atoms with Crippen LogP contribution in [0.25, 0.3) is 0 Å². The number of nitrogens with zero attached hydrogens (tertiary/aromatic N) is 4. The van der Waals surface area contributed by atoms with Gasteiger partial charge in [0.2, 0.25) is 0 Å². The lowest BCUT2D eigenvalue weighted by atomic mass is 9.96. The Morgan fingerprint density at radius 1 is 1.25 bits per heavy atom. The van der Waals surface area contributed by atoms with Gasteiger partial charge in [0, 0.05) is 39.8 Å². The monoisotopic (exact) mass is 511 g/mol. The van der Waals surface area contributed by atoms with Crippen LogP contribution in [0.5, 0.6) is 0 Å². The van der Waals surface area contributed by atoms with E-state index in [0.29, 0.717) is 12.5 Å². The molecule has 0 spiro atoms. The van der Waals surface area contributed by atoms with Crippen molar-refractivity contribution in [3.8, 4) is 0 Å². The summed E-state index contributed by atoms with van der Waals surface area (Å²) in [6.07, 6.45) is 3.03. The Bertz CT molecular complexity index is 472. The Morgan fingerprint density at radius 2 is 1.86 bits per heavy atom. The van der Waals surface area contributed by atoms with E-state index in [-0.39, 0.29) is 30.1 Å². The molecule has 1 aliphatic heterocycles. The molecular formula is C20H42IN5O2. The zero-order valence-corrected chi connectivity index (χ0v) is 21.3. The highest BCUT2D eigenvalue weighted by Gasteiger charge is 2.27. The summed E-state index contributed by atoms with van der Waals surface area (Å²) < 4.78 is 5.52. The van der Waals surface area contributed by atoms with Crippen LogP contribution in [0.3, 0.4) is 0 Å². The van der Waals surface area contributed by atoms with E-state index in [4.69, 9.17) is 4.74 Å². The normalized spacial score (nSPS) is 16.0. The Balaban J connectivity index is 0.00000729. The van der Waals surface area contributed by atoms with Crippen molar-refractivity contribution in [2.24, 2.45) is 10.9 Å². The number of hydrogen-bond acceptors (Lipinski definition) is 4. The van der Waals surface area contributed by atoms with Gasteiger partial charge in [-0.15, -0.1) is 24.0 Å². The topological polar surface area (TPSA) is 60.4 Å². The lowest BCUT2D eigenvalue weighted by Crippen LogP contribution is -2.48. The minimum absolute atomic E-state index is 0. The summed E-state index contributed by atoms with van der Waals surface area (Å²) in [5.41, 5.74) is -0.446. The fourth-order valence-corrected chi connectivity index (χ4v) is 3.23. The molecule has 1 rings (SSSR count). The summed E-state index contributed by atoms with van der Waals surface area (Å²) in [7, 11) is 6.04. The molecule has 0 atom stereocenters. The van der Waals surface area contributed by atoms with Crippen LogP contribution >= 0.6 is 24.0 Å². The van der Waals surface area contributed by atoms with Gasteiger partial charge in [0.25, 0.3) is 0 Å². The molecule has 166 valence electrons. The van der Waals surface area contributed by atoms with Gasteiger partial charge in [-0.3, -0.25) is 4.99 Å². The molecule has 0 bridgehead atoms. The predicted molar refractivity (Wildman–Crippen MR) is 128 cm³/mol. The molecule has 0 radical (unpaired) electrons. The molecular weight excluding hydrogens is 469 g/mol. The first-order valence-electron chi connectivity index (χ1n) is 10.2. The van der Waals surface area contributed by atoms with Crippen LogP contribution < -0.4 is 5.32 Å². The molecule has 7 nitrogen and oxygen atoms in total. The van der Waals surface area contributed by atoms with Gasteiger partial charge in [-0.25, -0.2) is 4.79 Å². The van der Waals surface area contributed by atoms with Gasteiger partial charge < -0.3 is 24.8 Å². The van der Waals surface area contributed by atoms with Crippen LogP contribution in [0.15, 0.2) is 4.99 Å². The van der Waals surface area contributed by atoms with Crippen molar-refractivity contribution in [1.82, 2.24) is 20.0 Å². The summed E-state index contributed by atoms with van der Waals surface area (Å²) in [5.74, 6) is 1.51. The number of nitrogens with one attached hydrogen (secondary N) is 1. The molecule has 0 aromatic rings. The fraction of sp³-hybridized carbons (Fsp3) is 0.900. The Labute approximate surface area is 189 Å². The second-order valence-corrected chi connectivity index (χ2v) is 8.58. The van der Waals surface area contributed by atoms with Crippen LogP contribution in [0.4, 0.5) is 4.79 Å². The van der Waals surface area contributed by atoms with Crippen LogP contribution in [-0.2, 0) is 4.74 Å². The number of carbonyl (C=O) groups excluding carboxylic acids is 1. The van der Waals surface area contributed by atoms with E-state index in [0.717, 1.165) is 57.9 Å². The number of likely N-dealkylation sites (tertiary alicyclic amines) is 1. The third-order valence-electron chi connectivity index (χ3n) is 4.70. The molecule has 8 heteroatoms. The van der Waals surface area contributed by atoms with Gasteiger partial charge in [-0.2, -0.15) is 0 Å².